The number of rotatable bonds is 8. The van der Waals surface area contributed by atoms with E-state index in [0.717, 1.165) is 0 Å². The quantitative estimate of drug-likeness (QED) is 0.160. The van der Waals surface area contributed by atoms with Crippen molar-refractivity contribution in [1.82, 2.24) is 4.90 Å². The van der Waals surface area contributed by atoms with Crippen LogP contribution in [0.5, 0.6) is 17.2 Å². The fraction of sp³-hybridized carbons (Fsp3) is 0.575. The largest absolute Gasteiger partial charge is 0.507 e. The first-order valence-electron chi connectivity index (χ1n) is 19.1. The molecule has 2 aromatic carbocycles. The van der Waals surface area contributed by atoms with Crippen LogP contribution in [0.3, 0.4) is 0 Å². The monoisotopic (exact) mass is 798 g/mol. The van der Waals surface area contributed by atoms with E-state index in [1.54, 1.807) is 27.7 Å². The summed E-state index contributed by atoms with van der Waals surface area (Å²) in [6.45, 7) is 6.67. The second kappa shape index (κ2) is 15.3. The molecule has 310 valence electrons. The first-order chi connectivity index (χ1) is 26.9. The zero-order valence-electron chi connectivity index (χ0n) is 32.4. The average Bonchev–Trinajstić information content (AvgIpc) is 3.14. The lowest BCUT2D eigenvalue weighted by molar-refractivity contribution is -0.321. The third-order valence-corrected chi connectivity index (χ3v) is 11.9. The van der Waals surface area contributed by atoms with Gasteiger partial charge in [-0.05, 0) is 47.4 Å². The van der Waals surface area contributed by atoms with Gasteiger partial charge >= 0.3 is 0 Å². The molecular formula is C40H50N2O15. The van der Waals surface area contributed by atoms with Crippen LogP contribution in [-0.4, -0.2) is 134 Å². The number of likely N-dealkylation sites (N-methyl/N-ethyl adjacent to an activating group) is 1. The minimum atomic E-state index is -1.89. The maximum absolute atomic E-state index is 13.8. The van der Waals surface area contributed by atoms with E-state index >= 15 is 0 Å². The predicted octanol–water partition coefficient (Wildman–Crippen LogP) is 1.70. The summed E-state index contributed by atoms with van der Waals surface area (Å²) in [5.74, 6) is -4.07. The van der Waals surface area contributed by atoms with Gasteiger partial charge < -0.3 is 69.7 Å². The highest BCUT2D eigenvalue weighted by Crippen LogP contribution is 2.56. The molecule has 3 aliphatic heterocycles. The fourth-order valence-corrected chi connectivity index (χ4v) is 8.70. The fourth-order valence-electron chi connectivity index (χ4n) is 8.70. The molecule has 0 bridgehead atoms. The lowest BCUT2D eigenvalue weighted by Crippen LogP contribution is -2.58. The Labute approximate surface area is 328 Å². The zero-order valence-corrected chi connectivity index (χ0v) is 32.4. The van der Waals surface area contributed by atoms with Gasteiger partial charge in [-0.15, -0.1) is 0 Å². The molecule has 0 saturated carbocycles. The van der Waals surface area contributed by atoms with Gasteiger partial charge in [-0.3, -0.25) is 14.4 Å². The Morgan fingerprint density at radius 3 is 2.12 bits per heavy atom. The highest BCUT2D eigenvalue weighted by Gasteiger charge is 2.52. The van der Waals surface area contributed by atoms with Crippen molar-refractivity contribution < 1.29 is 73.4 Å². The number of nitrogens with zero attached hydrogens (tertiary/aromatic N) is 1. The van der Waals surface area contributed by atoms with Gasteiger partial charge in [0.1, 0.15) is 41.7 Å². The molecule has 7 rings (SSSR count). The number of fused-ring (bicyclic) bond motifs is 3. The van der Waals surface area contributed by atoms with Crippen LogP contribution in [0.1, 0.15) is 109 Å². The van der Waals surface area contributed by atoms with Crippen LogP contribution in [0, 0.1) is 0 Å². The van der Waals surface area contributed by atoms with Crippen LogP contribution >= 0.6 is 0 Å². The number of benzene rings is 2. The van der Waals surface area contributed by atoms with Crippen LogP contribution in [0.4, 0.5) is 0 Å². The van der Waals surface area contributed by atoms with Gasteiger partial charge in [-0.2, -0.15) is 0 Å². The molecule has 0 spiro atoms. The van der Waals surface area contributed by atoms with Crippen molar-refractivity contribution in [2.75, 3.05) is 14.1 Å². The van der Waals surface area contributed by atoms with Crippen molar-refractivity contribution in [2.24, 2.45) is 5.73 Å². The number of carbonyl (C=O) groups is 3. The molecule has 2 fully saturated rings. The van der Waals surface area contributed by atoms with Gasteiger partial charge in [0.2, 0.25) is 5.78 Å². The highest BCUT2D eigenvalue weighted by molar-refractivity contribution is 6.31. The summed E-state index contributed by atoms with van der Waals surface area (Å²) in [5.41, 5.74) is 1.98. The number of aromatic hydroxyl groups is 3. The van der Waals surface area contributed by atoms with Gasteiger partial charge in [-0.1, -0.05) is 19.1 Å². The Bertz CT molecular complexity index is 1970. The predicted molar refractivity (Wildman–Crippen MR) is 196 cm³/mol. The topological polar surface area (TPSA) is 257 Å². The summed E-state index contributed by atoms with van der Waals surface area (Å²) in [7, 11) is 3.67. The Hall–Kier alpha value is -4.01. The van der Waals surface area contributed by atoms with Crippen molar-refractivity contribution >= 4 is 17.3 Å². The van der Waals surface area contributed by atoms with Crippen LogP contribution in [0.15, 0.2) is 30.0 Å². The standard InChI is InChI=1S/C40H50N2O15/c1-7-40(51)14-24(28-31(38(40)50)35(49)29-30(34(28)48)33(47)27-18(32(29)46)9-8-10-21(27)43)55-25-12-20(42(5)6)36(16(3)52-25)56-26-13-23(45)37(17(4)53-26)57-39-19(41)11-22(44)15(2)54-39/h8-11,15-17,20,23-26,36-39,43,45,48-51H,7,12-14,41H2,1-6H3/t15?,16?,17?,20?,23?,24-,25?,26?,36?,37?,38+,39?,40+/m0/s1. The summed E-state index contributed by atoms with van der Waals surface area (Å²) in [6, 6.07) is 3.51. The normalized spacial score (nSPS) is 36.7. The van der Waals surface area contributed by atoms with Crippen LogP contribution in [-0.2, 0) is 33.2 Å². The first-order valence-corrected chi connectivity index (χ1v) is 19.1. The number of nitrogens with two attached hydrogens (primary N) is 1. The van der Waals surface area contributed by atoms with Crippen molar-refractivity contribution in [3.8, 4) is 17.2 Å². The number of phenols is 3. The summed E-state index contributed by atoms with van der Waals surface area (Å²) in [4.78, 5) is 41.3. The number of ketones is 3. The van der Waals surface area contributed by atoms with E-state index in [9.17, 15) is 45.0 Å². The summed E-state index contributed by atoms with van der Waals surface area (Å²) >= 11 is 0. The Balaban J connectivity index is 1.12. The Kier molecular flexibility index (Phi) is 11.0. The SMILES string of the molecule is CC[C@@]1(O)C[C@H](OC2CC(N(C)C)C(OC3CC(O)C(OC4OC(C)C(=O)C=C4N)C(C)O3)C(C)O2)c2c(O)c3c(c(O)c2[C@H]1O)C(=O)c1cccc(O)c1C3=O. The van der Waals surface area contributed by atoms with E-state index in [1.807, 2.05) is 19.0 Å². The molecule has 3 heterocycles. The maximum atomic E-state index is 13.8. The molecule has 17 heteroatoms. The van der Waals surface area contributed by atoms with E-state index in [2.05, 4.69) is 0 Å². The van der Waals surface area contributed by atoms with Crippen LogP contribution in [0.25, 0.3) is 0 Å². The second-order valence-electron chi connectivity index (χ2n) is 15.8. The molecule has 13 atom stereocenters. The first kappa shape index (κ1) is 41.2. The molecule has 2 saturated heterocycles. The van der Waals surface area contributed by atoms with Gasteiger partial charge in [0.25, 0.3) is 0 Å². The van der Waals surface area contributed by atoms with Crippen LogP contribution < -0.4 is 5.73 Å². The maximum Gasteiger partial charge on any atom is 0.202 e. The number of carbonyl (C=O) groups excluding carboxylic acids is 3. The van der Waals surface area contributed by atoms with Crippen LogP contribution in [0.2, 0.25) is 0 Å². The van der Waals surface area contributed by atoms with Crippen molar-refractivity contribution in [1.29, 1.82) is 0 Å². The average molecular weight is 799 g/mol. The Morgan fingerprint density at radius 1 is 0.842 bits per heavy atom. The molecular weight excluding hydrogens is 748 g/mol. The summed E-state index contributed by atoms with van der Waals surface area (Å²) < 4.78 is 37.0. The summed E-state index contributed by atoms with van der Waals surface area (Å²) in [5, 5.41) is 68.3. The number of hydrogen-bond acceptors (Lipinski definition) is 17. The molecule has 17 nitrogen and oxygen atoms in total. The third kappa shape index (κ3) is 7.03. The summed E-state index contributed by atoms with van der Waals surface area (Å²) in [6.07, 6.45) is -9.45. The zero-order chi connectivity index (χ0) is 41.4. The molecule has 2 aliphatic carbocycles. The van der Waals surface area contributed by atoms with Gasteiger partial charge in [-0.25, -0.2) is 0 Å². The van der Waals surface area contributed by atoms with E-state index < -0.39 is 113 Å². The van der Waals surface area contributed by atoms with Crippen molar-refractivity contribution in [3.63, 3.8) is 0 Å². The van der Waals surface area contributed by atoms with Gasteiger partial charge in [0, 0.05) is 48.1 Å². The number of phenolic OH excluding ortho intramolecular Hbond substituents is 3. The molecule has 57 heavy (non-hydrogen) atoms. The number of aliphatic hydroxyl groups is 3. The van der Waals surface area contributed by atoms with Gasteiger partial charge in [0.05, 0.1) is 52.4 Å². The second-order valence-corrected chi connectivity index (χ2v) is 15.8. The molecule has 8 N–H and O–H groups in total. The van der Waals surface area contributed by atoms with Crippen molar-refractivity contribution in [2.45, 2.75) is 133 Å². The van der Waals surface area contributed by atoms with Gasteiger partial charge in [0.15, 0.2) is 30.4 Å². The number of aliphatic hydroxyl groups excluding tert-OH is 2. The number of ether oxygens (including phenoxy) is 6. The van der Waals surface area contributed by atoms with E-state index in [4.69, 9.17) is 34.2 Å². The Morgan fingerprint density at radius 2 is 1.47 bits per heavy atom. The molecule has 0 radical (unpaired) electrons. The van der Waals surface area contributed by atoms with Crippen molar-refractivity contribution in [3.05, 3.63) is 63.4 Å². The smallest absolute Gasteiger partial charge is 0.202 e. The minimum absolute atomic E-state index is 0.0133. The highest BCUT2D eigenvalue weighted by atomic mass is 16.7. The molecule has 2 aromatic rings. The molecule has 0 aromatic heterocycles. The van der Waals surface area contributed by atoms with E-state index in [-0.39, 0.29) is 65.5 Å². The lowest BCUT2D eigenvalue weighted by atomic mass is 9.70. The lowest BCUT2D eigenvalue weighted by Gasteiger charge is -2.48. The molecule has 10 unspecified atom stereocenters. The van der Waals surface area contributed by atoms with E-state index in [0.29, 0.717) is 0 Å². The molecule has 0 amide bonds. The number of hydrogen-bond donors (Lipinski definition) is 7. The molecule has 5 aliphatic rings. The van der Waals surface area contributed by atoms with E-state index in [1.165, 1.54) is 24.3 Å². The third-order valence-electron chi connectivity index (χ3n) is 11.9. The minimum Gasteiger partial charge on any atom is -0.507 e.